The Bertz CT molecular complexity index is 1150. The molecule has 6 heteroatoms. The predicted molar refractivity (Wildman–Crippen MR) is 118 cm³/mol. The minimum absolute atomic E-state index is 0.0926. The predicted octanol–water partition coefficient (Wildman–Crippen LogP) is 3.60. The van der Waals surface area contributed by atoms with Crippen LogP contribution in [0.2, 0.25) is 0 Å². The molecule has 1 aliphatic rings. The van der Waals surface area contributed by atoms with Crippen LogP contribution in [0.4, 0.5) is 0 Å². The van der Waals surface area contributed by atoms with Gasteiger partial charge in [0.05, 0.1) is 11.5 Å². The standard InChI is InChI=1S/C25H27NO5/c1-15-12-21(23-18-10-6-7-11-19(18)25(29)31-22(23)13-15)30-16(2)24(28)26-14-20(27)17-8-4-3-5-9-17/h3-5,8-9,12-13,16,20,27H,6-7,10-11,14H2,1-2H3,(H,26,28)/t16-,20+/m1/s1. The highest BCUT2D eigenvalue weighted by Crippen LogP contribution is 2.35. The van der Waals surface area contributed by atoms with Gasteiger partial charge >= 0.3 is 5.63 Å². The Hall–Kier alpha value is -3.12. The van der Waals surface area contributed by atoms with Crippen LogP contribution in [0.1, 0.15) is 48.1 Å². The summed E-state index contributed by atoms with van der Waals surface area (Å²) < 4.78 is 11.6. The molecule has 0 saturated heterocycles. The fourth-order valence-electron chi connectivity index (χ4n) is 4.14. The van der Waals surface area contributed by atoms with Crippen molar-refractivity contribution in [3.8, 4) is 5.75 Å². The molecule has 0 bridgehead atoms. The van der Waals surface area contributed by atoms with Crippen LogP contribution in [0, 0.1) is 6.92 Å². The molecule has 31 heavy (non-hydrogen) atoms. The van der Waals surface area contributed by atoms with E-state index < -0.39 is 12.2 Å². The van der Waals surface area contributed by atoms with E-state index in [0.29, 0.717) is 17.8 Å². The zero-order chi connectivity index (χ0) is 22.0. The number of aliphatic hydroxyl groups is 1. The van der Waals surface area contributed by atoms with Crippen LogP contribution in [0.5, 0.6) is 5.75 Å². The third-order valence-electron chi connectivity index (χ3n) is 5.76. The highest BCUT2D eigenvalue weighted by Gasteiger charge is 2.23. The molecular weight excluding hydrogens is 394 g/mol. The summed E-state index contributed by atoms with van der Waals surface area (Å²) in [4.78, 5) is 25.0. The van der Waals surface area contributed by atoms with Gasteiger partial charge in [-0.2, -0.15) is 0 Å². The lowest BCUT2D eigenvalue weighted by atomic mass is 9.90. The van der Waals surface area contributed by atoms with Crippen molar-refractivity contribution < 1.29 is 19.1 Å². The second-order valence-corrected chi connectivity index (χ2v) is 8.12. The first-order valence-corrected chi connectivity index (χ1v) is 10.7. The molecule has 0 spiro atoms. The molecule has 2 N–H and O–H groups in total. The molecule has 1 aliphatic carbocycles. The number of aliphatic hydroxyl groups excluding tert-OH is 1. The number of rotatable bonds is 6. The maximum Gasteiger partial charge on any atom is 0.339 e. The molecule has 3 aromatic rings. The number of aryl methyl sites for hydroxylation is 2. The number of carbonyl (C=O) groups excluding carboxylic acids is 1. The van der Waals surface area contributed by atoms with E-state index in [1.54, 1.807) is 6.92 Å². The maximum absolute atomic E-state index is 12.6. The van der Waals surface area contributed by atoms with E-state index in [9.17, 15) is 14.7 Å². The van der Waals surface area contributed by atoms with Crippen molar-refractivity contribution in [1.82, 2.24) is 5.32 Å². The molecule has 0 radical (unpaired) electrons. The highest BCUT2D eigenvalue weighted by molar-refractivity contribution is 5.89. The van der Waals surface area contributed by atoms with Gasteiger partial charge in [0.2, 0.25) is 0 Å². The van der Waals surface area contributed by atoms with Crippen molar-refractivity contribution in [1.29, 1.82) is 0 Å². The number of nitrogens with one attached hydrogen (secondary N) is 1. The van der Waals surface area contributed by atoms with E-state index in [2.05, 4.69) is 5.32 Å². The van der Waals surface area contributed by atoms with Crippen molar-refractivity contribution in [2.45, 2.75) is 51.7 Å². The number of benzene rings is 2. The van der Waals surface area contributed by atoms with Crippen molar-refractivity contribution in [2.75, 3.05) is 6.54 Å². The third kappa shape index (κ3) is 4.49. The van der Waals surface area contributed by atoms with Gasteiger partial charge in [0.15, 0.2) is 6.10 Å². The van der Waals surface area contributed by atoms with Crippen molar-refractivity contribution in [2.24, 2.45) is 0 Å². The Balaban J connectivity index is 1.55. The van der Waals surface area contributed by atoms with Gasteiger partial charge in [-0.3, -0.25) is 4.79 Å². The number of hydrogen-bond acceptors (Lipinski definition) is 5. The van der Waals surface area contributed by atoms with Crippen LogP contribution >= 0.6 is 0 Å². The van der Waals surface area contributed by atoms with E-state index in [4.69, 9.17) is 9.15 Å². The van der Waals surface area contributed by atoms with Crippen LogP contribution in [-0.2, 0) is 17.6 Å². The van der Waals surface area contributed by atoms with E-state index >= 15 is 0 Å². The van der Waals surface area contributed by atoms with E-state index in [0.717, 1.165) is 46.9 Å². The molecule has 6 nitrogen and oxygen atoms in total. The monoisotopic (exact) mass is 421 g/mol. The van der Waals surface area contributed by atoms with Gasteiger partial charge in [0.25, 0.3) is 5.91 Å². The Kier molecular flexibility index (Phi) is 6.09. The van der Waals surface area contributed by atoms with Gasteiger partial charge in [0.1, 0.15) is 11.3 Å². The lowest BCUT2D eigenvalue weighted by Gasteiger charge is -2.21. The molecule has 0 fully saturated rings. The molecular formula is C25H27NO5. The molecule has 1 aromatic heterocycles. The Morgan fingerprint density at radius 1 is 1.16 bits per heavy atom. The number of ether oxygens (including phenoxy) is 1. The summed E-state index contributed by atoms with van der Waals surface area (Å²) in [7, 11) is 0. The molecule has 4 rings (SSSR count). The molecule has 0 aliphatic heterocycles. The van der Waals surface area contributed by atoms with Crippen LogP contribution < -0.4 is 15.7 Å². The number of fused-ring (bicyclic) bond motifs is 3. The van der Waals surface area contributed by atoms with Crippen LogP contribution in [0.25, 0.3) is 11.0 Å². The van der Waals surface area contributed by atoms with Gasteiger partial charge in [-0.15, -0.1) is 0 Å². The summed E-state index contributed by atoms with van der Waals surface area (Å²) in [6.45, 7) is 3.66. The molecule has 2 aromatic carbocycles. The summed E-state index contributed by atoms with van der Waals surface area (Å²) in [6, 6.07) is 12.9. The Morgan fingerprint density at radius 2 is 1.87 bits per heavy atom. The highest BCUT2D eigenvalue weighted by atomic mass is 16.5. The summed E-state index contributed by atoms with van der Waals surface area (Å²) in [6.07, 6.45) is 1.90. The lowest BCUT2D eigenvalue weighted by Crippen LogP contribution is -2.38. The summed E-state index contributed by atoms with van der Waals surface area (Å²) >= 11 is 0. The average molecular weight is 421 g/mol. The third-order valence-corrected chi connectivity index (χ3v) is 5.76. The average Bonchev–Trinajstić information content (AvgIpc) is 2.77. The Labute approximate surface area is 180 Å². The maximum atomic E-state index is 12.6. The number of carbonyl (C=O) groups is 1. The van der Waals surface area contributed by atoms with Crippen LogP contribution in [-0.4, -0.2) is 23.7 Å². The quantitative estimate of drug-likeness (QED) is 0.594. The second-order valence-electron chi connectivity index (χ2n) is 8.12. The number of hydrogen-bond donors (Lipinski definition) is 2. The Morgan fingerprint density at radius 3 is 2.61 bits per heavy atom. The van der Waals surface area contributed by atoms with Crippen LogP contribution in [0.15, 0.2) is 51.7 Å². The van der Waals surface area contributed by atoms with Gasteiger partial charge in [-0.05, 0) is 68.4 Å². The molecule has 1 amide bonds. The molecule has 0 saturated carbocycles. The normalized spacial score (nSPS) is 15.2. The molecule has 2 atom stereocenters. The van der Waals surface area contributed by atoms with Crippen molar-refractivity contribution >= 4 is 16.9 Å². The smallest absolute Gasteiger partial charge is 0.339 e. The van der Waals surface area contributed by atoms with Crippen molar-refractivity contribution in [3.05, 3.63) is 75.1 Å². The van der Waals surface area contributed by atoms with E-state index in [-0.39, 0.29) is 18.1 Å². The summed E-state index contributed by atoms with van der Waals surface area (Å²) in [5.74, 6) is 0.221. The fraction of sp³-hybridized carbons (Fsp3) is 0.360. The zero-order valence-corrected chi connectivity index (χ0v) is 17.8. The first-order valence-electron chi connectivity index (χ1n) is 10.7. The van der Waals surface area contributed by atoms with Gasteiger partial charge in [0, 0.05) is 12.1 Å². The van der Waals surface area contributed by atoms with Gasteiger partial charge < -0.3 is 19.6 Å². The minimum Gasteiger partial charge on any atom is -0.480 e. The van der Waals surface area contributed by atoms with E-state index in [1.165, 1.54) is 0 Å². The first kappa shape index (κ1) is 21.1. The molecule has 0 unspecified atom stereocenters. The van der Waals surface area contributed by atoms with Gasteiger partial charge in [-0.1, -0.05) is 30.3 Å². The lowest BCUT2D eigenvalue weighted by molar-refractivity contribution is -0.127. The SMILES string of the molecule is Cc1cc(O[C@H](C)C(=O)NC[C@H](O)c2ccccc2)c2c3c(c(=O)oc2c1)CCCC3. The summed E-state index contributed by atoms with van der Waals surface area (Å²) in [5, 5.41) is 13.8. The number of amides is 1. The van der Waals surface area contributed by atoms with Gasteiger partial charge in [-0.25, -0.2) is 4.79 Å². The first-order chi connectivity index (χ1) is 14.9. The minimum atomic E-state index is -0.793. The summed E-state index contributed by atoms with van der Waals surface area (Å²) in [5.41, 5.74) is 3.53. The largest absolute Gasteiger partial charge is 0.480 e. The fourth-order valence-corrected chi connectivity index (χ4v) is 4.14. The van der Waals surface area contributed by atoms with E-state index in [1.807, 2.05) is 49.4 Å². The van der Waals surface area contributed by atoms with Crippen LogP contribution in [0.3, 0.4) is 0 Å². The zero-order valence-electron chi connectivity index (χ0n) is 17.8. The molecule has 1 heterocycles. The second kappa shape index (κ2) is 8.94. The molecule has 162 valence electrons. The topological polar surface area (TPSA) is 88.8 Å². The van der Waals surface area contributed by atoms with Crippen molar-refractivity contribution in [3.63, 3.8) is 0 Å².